The van der Waals surface area contributed by atoms with Crippen LogP contribution in [0.4, 0.5) is 0 Å². The van der Waals surface area contributed by atoms with Crippen molar-refractivity contribution in [2.75, 3.05) is 0 Å². The zero-order valence-corrected chi connectivity index (χ0v) is 6.69. The summed E-state index contributed by atoms with van der Waals surface area (Å²) in [5, 5.41) is 11.8. The molecule has 11 heavy (non-hydrogen) atoms. The first kappa shape index (κ1) is 8.00. The van der Waals surface area contributed by atoms with E-state index in [1.807, 2.05) is 0 Å². The predicted octanol–water partition coefficient (Wildman–Crippen LogP) is -0.101. The van der Waals surface area contributed by atoms with Crippen LogP contribution in [-0.4, -0.2) is 11.6 Å². The van der Waals surface area contributed by atoms with E-state index in [9.17, 15) is 0 Å². The smallest absolute Gasteiger partial charge is 0.106 e. The first-order valence-corrected chi connectivity index (χ1v) is 4.02. The maximum absolute atomic E-state index is 7.00. The van der Waals surface area contributed by atoms with E-state index < -0.39 is 0 Å². The van der Waals surface area contributed by atoms with Gasteiger partial charge in [0.25, 0.3) is 0 Å². The molecular weight excluding hydrogens is 160 g/mol. The third-order valence-corrected chi connectivity index (χ3v) is 2.34. The fourth-order valence-corrected chi connectivity index (χ4v) is 1.59. The maximum Gasteiger partial charge on any atom is 0.106 e. The van der Waals surface area contributed by atoms with Gasteiger partial charge in [0, 0.05) is 23.4 Å². The summed E-state index contributed by atoms with van der Waals surface area (Å²) in [4.78, 5) is 0. The highest BCUT2D eigenvalue weighted by Gasteiger charge is 2.16. The zero-order chi connectivity index (χ0) is 8.27. The first-order chi connectivity index (χ1) is 5.27. The molecule has 1 rings (SSSR count). The highest BCUT2D eigenvalue weighted by atomic mass is 32.2. The van der Waals surface area contributed by atoms with Crippen LogP contribution >= 0.6 is 11.8 Å². The second kappa shape index (κ2) is 3.34. The molecule has 60 valence electrons. The van der Waals surface area contributed by atoms with Gasteiger partial charge < -0.3 is 22.2 Å². The van der Waals surface area contributed by atoms with Crippen molar-refractivity contribution in [2.24, 2.45) is 11.5 Å². The van der Waals surface area contributed by atoms with E-state index in [2.05, 4.69) is 5.32 Å². The van der Waals surface area contributed by atoms with Crippen molar-refractivity contribution in [3.63, 3.8) is 0 Å². The Hall–Kier alpha value is -1.10. The Morgan fingerprint density at radius 2 is 2.55 bits per heavy atom. The average Bonchev–Trinajstić information content (AvgIpc) is 2.39. The topological polar surface area (TPSA) is 87.9 Å². The summed E-state index contributed by atoms with van der Waals surface area (Å²) in [5.74, 6) is 0.626. The molecule has 0 fully saturated rings. The molecule has 1 heterocycles. The normalized spacial score (nSPS) is 24.2. The van der Waals surface area contributed by atoms with E-state index in [0.29, 0.717) is 5.82 Å². The molecule has 4 nitrogen and oxygen atoms in total. The van der Waals surface area contributed by atoms with Crippen molar-refractivity contribution in [3.05, 3.63) is 23.0 Å². The lowest BCUT2D eigenvalue weighted by atomic mass is 10.3. The molecule has 0 aromatic rings. The second-order valence-corrected chi connectivity index (χ2v) is 3.02. The number of thioether (sulfide) groups is 1. The molecule has 0 saturated carbocycles. The molecule has 0 aromatic heterocycles. The van der Waals surface area contributed by atoms with Crippen molar-refractivity contribution in [3.8, 4) is 0 Å². The molecule has 1 unspecified atom stereocenters. The van der Waals surface area contributed by atoms with Gasteiger partial charge in [-0.3, -0.25) is 0 Å². The Morgan fingerprint density at radius 1 is 1.82 bits per heavy atom. The lowest BCUT2D eigenvalue weighted by Gasteiger charge is -2.10. The molecule has 6 N–H and O–H groups in total. The number of hydrogen-bond acceptors (Lipinski definition) is 5. The number of nitrogens with two attached hydrogens (primary N) is 2. The van der Waals surface area contributed by atoms with Gasteiger partial charge >= 0.3 is 0 Å². The fourth-order valence-electron chi connectivity index (χ4n) is 0.734. The molecule has 0 radical (unpaired) electrons. The third-order valence-electron chi connectivity index (χ3n) is 1.29. The van der Waals surface area contributed by atoms with Crippen LogP contribution < -0.4 is 16.8 Å². The van der Waals surface area contributed by atoms with Gasteiger partial charge in [-0.25, -0.2) is 0 Å². The van der Waals surface area contributed by atoms with E-state index >= 15 is 0 Å². The van der Waals surface area contributed by atoms with Crippen LogP contribution in [0.25, 0.3) is 0 Å². The fraction of sp³-hybridized carbons (Fsp3) is 0.167. The molecule has 0 aliphatic carbocycles. The third kappa shape index (κ3) is 1.68. The lowest BCUT2D eigenvalue weighted by molar-refractivity contribution is 0.848. The summed E-state index contributed by atoms with van der Waals surface area (Å²) in [6.07, 6.45) is 2.63. The van der Waals surface area contributed by atoms with Crippen LogP contribution in [0.1, 0.15) is 0 Å². The molecule has 5 heteroatoms. The quantitative estimate of drug-likeness (QED) is 0.436. The largest absolute Gasteiger partial charge is 0.404 e. The minimum Gasteiger partial charge on any atom is -0.404 e. The number of hydrogen-bond donors (Lipinski definition) is 4. The number of rotatable bonds is 2. The highest BCUT2D eigenvalue weighted by Crippen LogP contribution is 2.22. The molecule has 1 aliphatic rings. The van der Waals surface area contributed by atoms with Crippen molar-refractivity contribution < 1.29 is 0 Å². The maximum atomic E-state index is 7.00. The van der Waals surface area contributed by atoms with Crippen LogP contribution in [0.15, 0.2) is 23.0 Å². The Balaban J connectivity index is 2.59. The molecule has 0 aromatic carbocycles. The van der Waals surface area contributed by atoms with Gasteiger partial charge in [0.05, 0.1) is 0 Å². The Labute approximate surface area is 69.2 Å². The monoisotopic (exact) mass is 170 g/mol. The van der Waals surface area contributed by atoms with E-state index in [-0.39, 0.29) is 5.37 Å². The summed E-state index contributed by atoms with van der Waals surface area (Å²) in [5.41, 5.74) is 11.5. The van der Waals surface area contributed by atoms with Gasteiger partial charge in [-0.2, -0.15) is 0 Å². The van der Waals surface area contributed by atoms with Crippen molar-refractivity contribution in [1.29, 1.82) is 5.41 Å². The Bertz CT molecular complexity index is 221. The SMILES string of the molecule is N=C/C(=C\N)C1NC(N)=CS1. The van der Waals surface area contributed by atoms with Gasteiger partial charge in [0.1, 0.15) is 11.2 Å². The van der Waals surface area contributed by atoms with Crippen LogP contribution in [0.3, 0.4) is 0 Å². The minimum atomic E-state index is 0.0116. The summed E-state index contributed by atoms with van der Waals surface area (Å²) in [6.45, 7) is 0. The van der Waals surface area contributed by atoms with Crippen LogP contribution in [-0.2, 0) is 0 Å². The molecule has 0 spiro atoms. The Kier molecular flexibility index (Phi) is 2.43. The zero-order valence-electron chi connectivity index (χ0n) is 5.87. The standard InChI is InChI=1S/C6H10N4S/c7-1-4(2-8)6-10-5(9)3-11-6/h1-3,6-7,10H,8-9H2/b4-2+,7-1?. The predicted molar refractivity (Wildman–Crippen MR) is 47.8 cm³/mol. The van der Waals surface area contributed by atoms with Gasteiger partial charge in [-0.15, -0.1) is 11.8 Å². The molecule has 1 aliphatic heterocycles. The number of nitrogens with one attached hydrogen (secondary N) is 2. The molecule has 0 saturated heterocycles. The minimum absolute atomic E-state index is 0.0116. The van der Waals surface area contributed by atoms with Gasteiger partial charge in [-0.05, 0) is 0 Å². The van der Waals surface area contributed by atoms with Crippen molar-refractivity contribution in [2.45, 2.75) is 5.37 Å². The van der Waals surface area contributed by atoms with Crippen LogP contribution in [0.5, 0.6) is 0 Å². The molecular formula is C6H10N4S. The van der Waals surface area contributed by atoms with Crippen molar-refractivity contribution in [1.82, 2.24) is 5.32 Å². The van der Waals surface area contributed by atoms with E-state index in [1.54, 1.807) is 5.41 Å². The lowest BCUT2D eigenvalue weighted by Crippen LogP contribution is -2.27. The second-order valence-electron chi connectivity index (χ2n) is 2.04. The van der Waals surface area contributed by atoms with Crippen LogP contribution in [0, 0.1) is 5.41 Å². The van der Waals surface area contributed by atoms with Crippen LogP contribution in [0.2, 0.25) is 0 Å². The molecule has 1 atom stereocenters. The summed E-state index contributed by atoms with van der Waals surface area (Å²) < 4.78 is 0. The summed E-state index contributed by atoms with van der Waals surface area (Å²) >= 11 is 1.51. The molecule has 0 bridgehead atoms. The highest BCUT2D eigenvalue weighted by molar-refractivity contribution is 8.03. The summed E-state index contributed by atoms with van der Waals surface area (Å²) in [7, 11) is 0. The van der Waals surface area contributed by atoms with Gasteiger partial charge in [0.15, 0.2) is 0 Å². The van der Waals surface area contributed by atoms with Gasteiger partial charge in [0.2, 0.25) is 0 Å². The summed E-state index contributed by atoms with van der Waals surface area (Å²) in [6, 6.07) is 0. The van der Waals surface area contributed by atoms with E-state index in [0.717, 1.165) is 5.57 Å². The van der Waals surface area contributed by atoms with E-state index in [1.165, 1.54) is 24.2 Å². The Morgan fingerprint density at radius 3 is 2.91 bits per heavy atom. The van der Waals surface area contributed by atoms with Gasteiger partial charge in [-0.1, -0.05) is 0 Å². The van der Waals surface area contributed by atoms with Crippen molar-refractivity contribution >= 4 is 18.0 Å². The van der Waals surface area contributed by atoms with E-state index in [4.69, 9.17) is 16.9 Å². The first-order valence-electron chi connectivity index (χ1n) is 3.08. The molecule has 0 amide bonds. The average molecular weight is 170 g/mol.